The van der Waals surface area contributed by atoms with Gasteiger partial charge in [0, 0.05) is 5.25 Å². The molecule has 0 radical (unpaired) electrons. The first-order valence-electron chi connectivity index (χ1n) is 4.02. The minimum absolute atomic E-state index is 0.198. The number of hydrogen-bond donors (Lipinski definition) is 0. The van der Waals surface area contributed by atoms with Gasteiger partial charge in [0.25, 0.3) is 0 Å². The topological polar surface area (TPSA) is 55.3 Å². The molecule has 0 aromatic rings. The van der Waals surface area contributed by atoms with Crippen molar-refractivity contribution in [1.82, 2.24) is 0 Å². The van der Waals surface area contributed by atoms with Gasteiger partial charge in [-0.15, -0.1) is 11.8 Å². The van der Waals surface area contributed by atoms with Gasteiger partial charge in [-0.1, -0.05) is 27.2 Å². The molecule has 0 rings (SSSR count). The Morgan fingerprint density at radius 1 is 1.42 bits per heavy atom. The molecule has 0 spiro atoms. The molecular weight excluding hydrogens is 195 g/mol. The maximum Gasteiger partial charge on any atom is 0.104 e. The molecule has 0 amide bonds. The van der Waals surface area contributed by atoms with Crippen molar-refractivity contribution in [2.75, 3.05) is 0 Å². The highest BCUT2D eigenvalue weighted by atomic mass is 32.2. The molecule has 0 aliphatic heterocycles. The smallest absolute Gasteiger partial charge is 0.104 e. The Morgan fingerprint density at radius 2 is 2.00 bits per heavy atom. The van der Waals surface area contributed by atoms with Crippen LogP contribution in [0, 0.1) is 0 Å². The Hall–Kier alpha value is 0.660. The molecular formula is C7H15O3PS-2. The van der Waals surface area contributed by atoms with Crippen LogP contribution in [0.3, 0.4) is 0 Å². The lowest BCUT2D eigenvalue weighted by molar-refractivity contribution is -0.319. The van der Waals surface area contributed by atoms with Crippen molar-refractivity contribution in [1.29, 1.82) is 0 Å². The molecule has 0 aliphatic carbocycles. The summed E-state index contributed by atoms with van der Waals surface area (Å²) in [6.45, 7) is 6.05. The van der Waals surface area contributed by atoms with E-state index in [1.807, 2.05) is 20.8 Å². The van der Waals surface area contributed by atoms with Gasteiger partial charge >= 0.3 is 0 Å². The first-order valence-corrected chi connectivity index (χ1v) is 6.06. The summed E-state index contributed by atoms with van der Waals surface area (Å²) in [7, 11) is -2.70. The van der Waals surface area contributed by atoms with Crippen LogP contribution < -0.4 is 9.79 Å². The van der Waals surface area contributed by atoms with Crippen LogP contribution in [0.15, 0.2) is 0 Å². The van der Waals surface area contributed by atoms with Crippen LogP contribution in [0.5, 0.6) is 0 Å². The third-order valence-corrected chi connectivity index (χ3v) is 2.90. The Labute approximate surface area is 79.5 Å². The van der Waals surface area contributed by atoms with E-state index >= 15 is 0 Å². The van der Waals surface area contributed by atoms with Crippen LogP contribution in [-0.2, 0) is 4.52 Å². The third-order valence-electron chi connectivity index (χ3n) is 1.15. The van der Waals surface area contributed by atoms with Crippen LogP contribution in [0.25, 0.3) is 0 Å². The number of rotatable bonds is 6. The van der Waals surface area contributed by atoms with Crippen molar-refractivity contribution in [2.45, 2.75) is 44.3 Å². The van der Waals surface area contributed by atoms with Crippen LogP contribution in [0.1, 0.15) is 33.6 Å². The monoisotopic (exact) mass is 210 g/mol. The van der Waals surface area contributed by atoms with Gasteiger partial charge in [-0.2, -0.15) is 8.60 Å². The fraction of sp³-hybridized carbons (Fsp3) is 1.00. The largest absolute Gasteiger partial charge is 0.820 e. The Morgan fingerprint density at radius 3 is 2.33 bits per heavy atom. The molecule has 3 nitrogen and oxygen atoms in total. The predicted molar refractivity (Wildman–Crippen MR) is 49.4 cm³/mol. The molecule has 0 saturated carbocycles. The number of hydrogen-bond acceptors (Lipinski definition) is 4. The lowest BCUT2D eigenvalue weighted by atomic mass is 10.4. The molecule has 0 saturated heterocycles. The molecule has 0 aliphatic rings. The summed E-state index contributed by atoms with van der Waals surface area (Å²) in [4.78, 5) is 20.5. The maximum atomic E-state index is 10.3. The molecule has 1 atom stereocenters. The second kappa shape index (κ2) is 7.10. The highest BCUT2D eigenvalue weighted by molar-refractivity contribution is 8.00. The average molecular weight is 210 g/mol. The summed E-state index contributed by atoms with van der Waals surface area (Å²) < 4.78 is 4.72. The SMILES string of the molecule is CCCC(OP([O-])[O-])SC(C)C. The Balaban J connectivity index is 3.69. The second-order valence-electron chi connectivity index (χ2n) is 2.73. The molecule has 5 heteroatoms. The van der Waals surface area contributed by atoms with E-state index in [9.17, 15) is 9.79 Å². The van der Waals surface area contributed by atoms with Crippen molar-refractivity contribution in [3.8, 4) is 0 Å². The minimum atomic E-state index is -2.70. The van der Waals surface area contributed by atoms with E-state index in [1.54, 1.807) is 11.8 Å². The second-order valence-corrected chi connectivity index (χ2v) is 5.13. The first kappa shape index (κ1) is 12.7. The lowest BCUT2D eigenvalue weighted by Gasteiger charge is -2.34. The van der Waals surface area contributed by atoms with E-state index in [0.717, 1.165) is 12.8 Å². The molecule has 0 N–H and O–H groups in total. The standard InChI is InChI=1S/C7H15O3PS/c1-4-5-7(10-11(8)9)12-6(2)3/h6-7H,4-5H2,1-3H3/q-2. The van der Waals surface area contributed by atoms with Gasteiger partial charge in [0.05, 0.1) is 0 Å². The van der Waals surface area contributed by atoms with Crippen LogP contribution in [0.2, 0.25) is 0 Å². The quantitative estimate of drug-likeness (QED) is 0.488. The van der Waals surface area contributed by atoms with Gasteiger partial charge in [-0.25, -0.2) is 0 Å². The molecule has 0 heterocycles. The first-order chi connectivity index (χ1) is 5.56. The summed E-state index contributed by atoms with van der Waals surface area (Å²) in [6, 6.07) is 0. The van der Waals surface area contributed by atoms with Gasteiger partial charge in [-0.3, -0.25) is 0 Å². The van der Waals surface area contributed by atoms with Gasteiger partial charge in [0.1, 0.15) is 5.44 Å². The van der Waals surface area contributed by atoms with E-state index in [0.29, 0.717) is 5.25 Å². The van der Waals surface area contributed by atoms with Crippen LogP contribution >= 0.6 is 20.4 Å². The zero-order valence-electron chi connectivity index (χ0n) is 7.65. The Kier molecular flexibility index (Phi) is 7.49. The highest BCUT2D eigenvalue weighted by Crippen LogP contribution is 2.29. The summed E-state index contributed by atoms with van der Waals surface area (Å²) in [5.41, 5.74) is -0.198. The van der Waals surface area contributed by atoms with Crippen molar-refractivity contribution in [3.05, 3.63) is 0 Å². The molecule has 0 aromatic heterocycles. The van der Waals surface area contributed by atoms with E-state index in [2.05, 4.69) is 0 Å². The number of thioether (sulfide) groups is 1. The van der Waals surface area contributed by atoms with Crippen molar-refractivity contribution in [2.24, 2.45) is 0 Å². The van der Waals surface area contributed by atoms with Gasteiger partial charge in [0.2, 0.25) is 0 Å². The normalized spacial score (nSPS) is 14.2. The molecule has 0 bridgehead atoms. The van der Waals surface area contributed by atoms with E-state index in [1.165, 1.54) is 0 Å². The minimum Gasteiger partial charge on any atom is -0.820 e. The van der Waals surface area contributed by atoms with Crippen molar-refractivity contribution >= 4 is 20.4 Å². The fourth-order valence-corrected chi connectivity index (χ4v) is 2.47. The van der Waals surface area contributed by atoms with Crippen molar-refractivity contribution in [3.63, 3.8) is 0 Å². The zero-order chi connectivity index (χ0) is 9.56. The molecule has 0 aromatic carbocycles. The third kappa shape index (κ3) is 7.32. The van der Waals surface area contributed by atoms with Crippen LogP contribution in [-0.4, -0.2) is 10.7 Å². The average Bonchev–Trinajstić information content (AvgIpc) is 1.84. The van der Waals surface area contributed by atoms with Gasteiger partial charge < -0.3 is 14.3 Å². The molecule has 1 unspecified atom stereocenters. The maximum absolute atomic E-state index is 10.3. The summed E-state index contributed by atoms with van der Waals surface area (Å²) in [5.74, 6) is 0. The summed E-state index contributed by atoms with van der Waals surface area (Å²) >= 11 is 1.55. The van der Waals surface area contributed by atoms with Crippen LogP contribution in [0.4, 0.5) is 0 Å². The summed E-state index contributed by atoms with van der Waals surface area (Å²) in [5, 5.41) is 0.400. The van der Waals surface area contributed by atoms with Crippen molar-refractivity contribution < 1.29 is 14.3 Å². The predicted octanol–water partition coefficient (Wildman–Crippen LogP) is 1.22. The van der Waals surface area contributed by atoms with E-state index in [-0.39, 0.29) is 5.44 Å². The Bertz CT molecular complexity index is 101. The molecule has 0 fully saturated rings. The fourth-order valence-electron chi connectivity index (χ4n) is 0.781. The molecule has 12 heavy (non-hydrogen) atoms. The summed E-state index contributed by atoms with van der Waals surface area (Å²) in [6.07, 6.45) is 1.72. The van der Waals surface area contributed by atoms with Gasteiger partial charge in [-0.05, 0) is 6.42 Å². The zero-order valence-corrected chi connectivity index (χ0v) is 9.36. The highest BCUT2D eigenvalue weighted by Gasteiger charge is 2.08. The molecule has 74 valence electrons. The van der Waals surface area contributed by atoms with Gasteiger partial charge in [0.15, 0.2) is 0 Å². The lowest BCUT2D eigenvalue weighted by Crippen LogP contribution is -2.17. The van der Waals surface area contributed by atoms with E-state index < -0.39 is 8.60 Å². The van der Waals surface area contributed by atoms with E-state index in [4.69, 9.17) is 4.52 Å².